The first-order valence-corrected chi connectivity index (χ1v) is 4.96. The molecular formula is C10H19NO2. The number of carbonyl (C=O) groups is 1. The summed E-state index contributed by atoms with van der Waals surface area (Å²) in [6, 6.07) is 0. The lowest BCUT2D eigenvalue weighted by atomic mass is 9.67. The predicted molar refractivity (Wildman–Crippen MR) is 51.4 cm³/mol. The Balaban J connectivity index is 2.37. The van der Waals surface area contributed by atoms with E-state index in [9.17, 15) is 4.79 Å². The zero-order valence-corrected chi connectivity index (χ0v) is 8.72. The van der Waals surface area contributed by atoms with Crippen molar-refractivity contribution in [3.05, 3.63) is 0 Å². The van der Waals surface area contributed by atoms with Crippen LogP contribution in [0.3, 0.4) is 0 Å². The molecule has 1 fully saturated rings. The molecule has 0 atom stereocenters. The van der Waals surface area contributed by atoms with Crippen LogP contribution in [0.5, 0.6) is 0 Å². The first-order valence-electron chi connectivity index (χ1n) is 4.96. The van der Waals surface area contributed by atoms with Crippen molar-refractivity contribution in [3.8, 4) is 0 Å². The van der Waals surface area contributed by atoms with Gasteiger partial charge in [-0.05, 0) is 32.7 Å². The van der Waals surface area contributed by atoms with Crippen molar-refractivity contribution in [1.82, 2.24) is 5.32 Å². The smallest absolute Gasteiger partial charge is 0.307 e. The van der Waals surface area contributed by atoms with E-state index in [0.29, 0.717) is 13.0 Å². The second kappa shape index (κ2) is 4.09. The number of carbonyl (C=O) groups excluding carboxylic acids is 1. The number of hydrogen-bond acceptors (Lipinski definition) is 3. The van der Waals surface area contributed by atoms with E-state index in [0.717, 1.165) is 18.8 Å². The number of hydrogen-bond donors (Lipinski definition) is 1. The molecule has 3 heteroatoms. The molecule has 1 saturated carbocycles. The van der Waals surface area contributed by atoms with E-state index in [-0.39, 0.29) is 11.5 Å². The Kier molecular flexibility index (Phi) is 3.31. The van der Waals surface area contributed by atoms with Crippen LogP contribution in [-0.2, 0) is 9.53 Å². The monoisotopic (exact) mass is 185 g/mol. The molecule has 0 saturated heterocycles. The molecule has 0 heterocycles. The van der Waals surface area contributed by atoms with Gasteiger partial charge in [0.2, 0.25) is 0 Å². The number of nitrogens with one attached hydrogen (secondary N) is 1. The van der Waals surface area contributed by atoms with E-state index in [1.165, 1.54) is 0 Å². The highest BCUT2D eigenvalue weighted by Gasteiger charge is 2.42. The van der Waals surface area contributed by atoms with Crippen molar-refractivity contribution in [2.24, 2.45) is 5.92 Å². The Morgan fingerprint density at radius 1 is 1.62 bits per heavy atom. The van der Waals surface area contributed by atoms with Gasteiger partial charge in [0.05, 0.1) is 13.0 Å². The number of ether oxygens (including phenoxy) is 1. The Labute approximate surface area is 79.8 Å². The highest BCUT2D eigenvalue weighted by atomic mass is 16.5. The van der Waals surface area contributed by atoms with Gasteiger partial charge >= 0.3 is 5.97 Å². The van der Waals surface area contributed by atoms with Crippen LogP contribution in [0.1, 0.15) is 33.1 Å². The summed E-state index contributed by atoms with van der Waals surface area (Å²) in [5, 5.41) is 3.23. The average Bonchev–Trinajstić information content (AvgIpc) is 2.01. The summed E-state index contributed by atoms with van der Waals surface area (Å²) in [6.45, 7) is 4.53. The van der Waals surface area contributed by atoms with Crippen molar-refractivity contribution >= 4 is 5.97 Å². The maximum atomic E-state index is 11.3. The van der Waals surface area contributed by atoms with E-state index in [1.807, 2.05) is 14.0 Å². The molecule has 0 bridgehead atoms. The summed E-state index contributed by atoms with van der Waals surface area (Å²) in [4.78, 5) is 11.3. The van der Waals surface area contributed by atoms with Gasteiger partial charge in [-0.1, -0.05) is 6.92 Å². The summed E-state index contributed by atoms with van der Waals surface area (Å²) in [7, 11) is 1.92. The normalized spacial score (nSPS) is 32.4. The second-order valence-corrected chi connectivity index (χ2v) is 4.03. The molecule has 13 heavy (non-hydrogen) atoms. The van der Waals surface area contributed by atoms with Crippen LogP contribution in [-0.4, -0.2) is 25.2 Å². The first kappa shape index (κ1) is 10.5. The molecule has 0 aromatic rings. The molecule has 3 nitrogen and oxygen atoms in total. The van der Waals surface area contributed by atoms with Crippen molar-refractivity contribution < 1.29 is 9.53 Å². The average molecular weight is 185 g/mol. The van der Waals surface area contributed by atoms with Crippen LogP contribution >= 0.6 is 0 Å². The maximum absolute atomic E-state index is 11.3. The van der Waals surface area contributed by atoms with Gasteiger partial charge < -0.3 is 10.1 Å². The molecule has 0 unspecified atom stereocenters. The van der Waals surface area contributed by atoms with Crippen LogP contribution in [0.15, 0.2) is 0 Å². The number of esters is 1. The van der Waals surface area contributed by atoms with Gasteiger partial charge in [-0.25, -0.2) is 0 Å². The zero-order valence-electron chi connectivity index (χ0n) is 8.72. The lowest BCUT2D eigenvalue weighted by Crippen LogP contribution is -2.54. The van der Waals surface area contributed by atoms with Gasteiger partial charge in [-0.3, -0.25) is 4.79 Å². The molecule has 0 spiro atoms. The zero-order chi connectivity index (χ0) is 9.90. The molecular weight excluding hydrogens is 166 g/mol. The lowest BCUT2D eigenvalue weighted by molar-refractivity contribution is -0.146. The van der Waals surface area contributed by atoms with E-state index in [4.69, 9.17) is 4.74 Å². The predicted octanol–water partition coefficient (Wildman–Crippen LogP) is 1.33. The molecule has 1 N–H and O–H groups in total. The Bertz CT molecular complexity index is 185. The fraction of sp³-hybridized carbons (Fsp3) is 0.900. The summed E-state index contributed by atoms with van der Waals surface area (Å²) in [5.41, 5.74) is 0.0334. The Morgan fingerprint density at radius 3 is 2.62 bits per heavy atom. The third-order valence-corrected chi connectivity index (χ3v) is 2.80. The van der Waals surface area contributed by atoms with E-state index in [2.05, 4.69) is 12.2 Å². The minimum atomic E-state index is -0.0799. The van der Waals surface area contributed by atoms with Gasteiger partial charge in [0.1, 0.15) is 0 Å². The summed E-state index contributed by atoms with van der Waals surface area (Å²) in [6.07, 6.45) is 2.69. The van der Waals surface area contributed by atoms with Crippen molar-refractivity contribution in [2.75, 3.05) is 13.7 Å². The van der Waals surface area contributed by atoms with E-state index < -0.39 is 0 Å². The molecule has 76 valence electrons. The fourth-order valence-corrected chi connectivity index (χ4v) is 2.20. The quantitative estimate of drug-likeness (QED) is 0.671. The second-order valence-electron chi connectivity index (χ2n) is 4.03. The Morgan fingerprint density at radius 2 is 2.23 bits per heavy atom. The van der Waals surface area contributed by atoms with Gasteiger partial charge in [0, 0.05) is 5.54 Å². The molecule has 0 radical (unpaired) electrons. The van der Waals surface area contributed by atoms with Crippen LogP contribution in [0.4, 0.5) is 0 Å². The molecule has 0 aromatic carbocycles. The molecule has 0 aliphatic heterocycles. The van der Waals surface area contributed by atoms with Gasteiger partial charge in [-0.15, -0.1) is 0 Å². The number of rotatable bonds is 4. The maximum Gasteiger partial charge on any atom is 0.307 e. The van der Waals surface area contributed by atoms with Crippen LogP contribution in [0.2, 0.25) is 0 Å². The molecule has 0 aromatic heterocycles. The Hall–Kier alpha value is -0.570. The van der Waals surface area contributed by atoms with Gasteiger partial charge in [0.15, 0.2) is 0 Å². The van der Waals surface area contributed by atoms with Crippen LogP contribution < -0.4 is 5.32 Å². The highest BCUT2D eigenvalue weighted by molar-refractivity contribution is 5.71. The molecule has 1 aliphatic rings. The summed E-state index contributed by atoms with van der Waals surface area (Å²) >= 11 is 0. The standard InChI is InChI=1S/C10H19NO2/c1-4-13-9(12)7-10(11-3)5-8(2)6-10/h8,11H,4-7H2,1-3H3. The fourth-order valence-electron chi connectivity index (χ4n) is 2.20. The van der Waals surface area contributed by atoms with Crippen molar-refractivity contribution in [2.45, 2.75) is 38.6 Å². The van der Waals surface area contributed by atoms with E-state index in [1.54, 1.807) is 0 Å². The topological polar surface area (TPSA) is 38.3 Å². The molecule has 1 aliphatic carbocycles. The van der Waals surface area contributed by atoms with Crippen LogP contribution in [0, 0.1) is 5.92 Å². The van der Waals surface area contributed by atoms with Crippen LogP contribution in [0.25, 0.3) is 0 Å². The lowest BCUT2D eigenvalue weighted by Gasteiger charge is -2.45. The summed E-state index contributed by atoms with van der Waals surface area (Å²) in [5.74, 6) is 0.658. The molecule has 0 amide bonds. The SMILES string of the molecule is CCOC(=O)CC1(NC)CC(C)C1. The van der Waals surface area contributed by atoms with E-state index >= 15 is 0 Å². The van der Waals surface area contributed by atoms with Crippen molar-refractivity contribution in [3.63, 3.8) is 0 Å². The minimum Gasteiger partial charge on any atom is -0.466 e. The van der Waals surface area contributed by atoms with Gasteiger partial charge in [-0.2, -0.15) is 0 Å². The largest absolute Gasteiger partial charge is 0.466 e. The third kappa shape index (κ3) is 2.44. The first-order chi connectivity index (χ1) is 6.12. The van der Waals surface area contributed by atoms with Crippen molar-refractivity contribution in [1.29, 1.82) is 0 Å². The highest BCUT2D eigenvalue weighted by Crippen LogP contribution is 2.39. The third-order valence-electron chi connectivity index (χ3n) is 2.80. The minimum absolute atomic E-state index is 0.0334. The van der Waals surface area contributed by atoms with Gasteiger partial charge in [0.25, 0.3) is 0 Å². The molecule has 1 rings (SSSR count). The summed E-state index contributed by atoms with van der Waals surface area (Å²) < 4.78 is 4.93.